The molecular formula is C13H24O3. The van der Waals surface area contributed by atoms with Gasteiger partial charge in [-0.25, -0.2) is 0 Å². The zero-order valence-corrected chi connectivity index (χ0v) is 11.1. The van der Waals surface area contributed by atoms with Gasteiger partial charge < -0.3 is 4.74 Å². The zero-order chi connectivity index (χ0) is 12.8. The summed E-state index contributed by atoms with van der Waals surface area (Å²) < 4.78 is 5.06. The first-order valence-corrected chi connectivity index (χ1v) is 5.96. The van der Waals surface area contributed by atoms with Crippen LogP contribution >= 0.6 is 0 Å². The van der Waals surface area contributed by atoms with Crippen molar-refractivity contribution in [2.24, 2.45) is 5.92 Å². The molecule has 1 atom stereocenters. The number of rotatable bonds is 8. The summed E-state index contributed by atoms with van der Waals surface area (Å²) in [4.78, 5) is 23.5. The number of Topliss-reactive ketones (excluding diaryl/α,β-unsaturated/α-hetero) is 2. The van der Waals surface area contributed by atoms with Crippen LogP contribution in [0.3, 0.4) is 0 Å². The van der Waals surface area contributed by atoms with Gasteiger partial charge in [0.05, 0.1) is 6.42 Å². The fourth-order valence-corrected chi connectivity index (χ4v) is 1.33. The molecule has 94 valence electrons. The van der Waals surface area contributed by atoms with Crippen LogP contribution < -0.4 is 0 Å². The maximum atomic E-state index is 11.7. The molecule has 0 aliphatic carbocycles. The molecule has 0 aliphatic heterocycles. The van der Waals surface area contributed by atoms with Crippen LogP contribution in [-0.4, -0.2) is 24.3 Å². The number of carbonyl (C=O) groups is 2. The van der Waals surface area contributed by atoms with E-state index in [9.17, 15) is 9.59 Å². The van der Waals surface area contributed by atoms with E-state index in [1.54, 1.807) is 13.8 Å². The normalized spacial score (nSPS) is 13.6. The molecule has 16 heavy (non-hydrogen) atoms. The van der Waals surface area contributed by atoms with Crippen LogP contribution in [0.5, 0.6) is 0 Å². The van der Waals surface area contributed by atoms with E-state index >= 15 is 0 Å². The van der Waals surface area contributed by atoms with E-state index in [2.05, 4.69) is 6.92 Å². The Balaban J connectivity index is 4.19. The first kappa shape index (κ1) is 15.3. The molecule has 0 heterocycles. The molecule has 0 amide bonds. The minimum absolute atomic E-state index is 0.00821. The summed E-state index contributed by atoms with van der Waals surface area (Å²) >= 11 is 0. The van der Waals surface area contributed by atoms with Crippen LogP contribution in [0, 0.1) is 5.92 Å². The number of unbranched alkanes of at least 4 members (excludes halogenated alkanes) is 1. The van der Waals surface area contributed by atoms with Crippen molar-refractivity contribution in [3.8, 4) is 0 Å². The van der Waals surface area contributed by atoms with Crippen molar-refractivity contribution in [1.82, 2.24) is 0 Å². The van der Waals surface area contributed by atoms with Gasteiger partial charge in [-0.05, 0) is 20.3 Å². The lowest BCUT2D eigenvalue weighted by Gasteiger charge is -2.21. The summed E-state index contributed by atoms with van der Waals surface area (Å²) in [6.07, 6.45) is 2.98. The Morgan fingerprint density at radius 1 is 1.31 bits per heavy atom. The van der Waals surface area contributed by atoms with Gasteiger partial charge >= 0.3 is 0 Å². The van der Waals surface area contributed by atoms with E-state index in [-0.39, 0.29) is 23.9 Å². The molecule has 0 saturated carbocycles. The highest BCUT2D eigenvalue weighted by molar-refractivity contribution is 6.03. The highest BCUT2D eigenvalue weighted by Crippen LogP contribution is 2.16. The molecule has 0 aromatic rings. The molecule has 0 radical (unpaired) electrons. The minimum atomic E-state index is -0.847. The molecule has 0 aliphatic rings. The first-order chi connectivity index (χ1) is 7.35. The van der Waals surface area contributed by atoms with Gasteiger partial charge in [0.25, 0.3) is 0 Å². The van der Waals surface area contributed by atoms with Crippen LogP contribution in [0.25, 0.3) is 0 Å². The van der Waals surface area contributed by atoms with Crippen LogP contribution in [0.4, 0.5) is 0 Å². The lowest BCUT2D eigenvalue weighted by atomic mass is 9.91. The number of carbonyl (C=O) groups excluding carboxylic acids is 2. The summed E-state index contributed by atoms with van der Waals surface area (Å²) in [6.45, 7) is 7.38. The van der Waals surface area contributed by atoms with Crippen molar-refractivity contribution >= 4 is 11.6 Å². The molecule has 0 N–H and O–H groups in total. The van der Waals surface area contributed by atoms with E-state index in [0.29, 0.717) is 0 Å². The Labute approximate surface area is 98.6 Å². The van der Waals surface area contributed by atoms with E-state index in [0.717, 1.165) is 19.3 Å². The van der Waals surface area contributed by atoms with E-state index in [4.69, 9.17) is 4.74 Å². The van der Waals surface area contributed by atoms with Gasteiger partial charge in [0.2, 0.25) is 0 Å². The van der Waals surface area contributed by atoms with Crippen molar-refractivity contribution in [2.75, 3.05) is 7.11 Å². The van der Waals surface area contributed by atoms with E-state index in [1.807, 2.05) is 6.92 Å². The molecule has 0 spiro atoms. The molecule has 0 fully saturated rings. The third-order valence-corrected chi connectivity index (χ3v) is 3.06. The molecule has 0 rings (SSSR count). The van der Waals surface area contributed by atoms with Crippen molar-refractivity contribution < 1.29 is 14.3 Å². The summed E-state index contributed by atoms with van der Waals surface area (Å²) in [6, 6.07) is 0. The number of ether oxygens (including phenoxy) is 1. The SMILES string of the molecule is CCCCC(C)C(=O)CC(=O)C(C)(C)OC. The van der Waals surface area contributed by atoms with Gasteiger partial charge in [-0.2, -0.15) is 0 Å². The molecule has 3 heteroatoms. The van der Waals surface area contributed by atoms with Crippen molar-refractivity contribution in [1.29, 1.82) is 0 Å². The Bertz CT molecular complexity index is 244. The fraction of sp³-hybridized carbons (Fsp3) is 0.846. The second-order valence-corrected chi connectivity index (χ2v) is 4.82. The summed E-state index contributed by atoms with van der Waals surface area (Å²) in [5, 5.41) is 0. The van der Waals surface area contributed by atoms with Crippen molar-refractivity contribution in [3.05, 3.63) is 0 Å². The molecule has 0 aromatic carbocycles. The second-order valence-electron chi connectivity index (χ2n) is 4.82. The van der Waals surface area contributed by atoms with Crippen LogP contribution in [0.2, 0.25) is 0 Å². The molecular weight excluding hydrogens is 204 g/mol. The fourth-order valence-electron chi connectivity index (χ4n) is 1.33. The second kappa shape index (κ2) is 6.79. The Morgan fingerprint density at radius 2 is 1.88 bits per heavy atom. The number of hydrogen-bond acceptors (Lipinski definition) is 3. The van der Waals surface area contributed by atoms with Crippen LogP contribution in [0.1, 0.15) is 53.4 Å². The maximum absolute atomic E-state index is 11.7. The zero-order valence-electron chi connectivity index (χ0n) is 11.1. The van der Waals surface area contributed by atoms with Gasteiger partial charge in [0.1, 0.15) is 11.4 Å². The van der Waals surface area contributed by atoms with Gasteiger partial charge in [-0.15, -0.1) is 0 Å². The molecule has 0 bridgehead atoms. The molecule has 0 aromatic heterocycles. The van der Waals surface area contributed by atoms with Crippen molar-refractivity contribution in [2.45, 2.75) is 59.0 Å². The summed E-state index contributed by atoms with van der Waals surface area (Å²) in [7, 11) is 1.49. The van der Waals surface area contributed by atoms with Gasteiger partial charge in [0, 0.05) is 13.0 Å². The Morgan fingerprint density at radius 3 is 2.31 bits per heavy atom. The van der Waals surface area contributed by atoms with Crippen LogP contribution in [-0.2, 0) is 14.3 Å². The smallest absolute Gasteiger partial charge is 0.171 e. The molecule has 0 saturated heterocycles. The third kappa shape index (κ3) is 4.88. The Kier molecular flexibility index (Phi) is 6.49. The van der Waals surface area contributed by atoms with Gasteiger partial charge in [-0.1, -0.05) is 26.7 Å². The van der Waals surface area contributed by atoms with E-state index < -0.39 is 5.60 Å². The van der Waals surface area contributed by atoms with Crippen LogP contribution in [0.15, 0.2) is 0 Å². The maximum Gasteiger partial charge on any atom is 0.171 e. The van der Waals surface area contributed by atoms with Crippen molar-refractivity contribution in [3.63, 3.8) is 0 Å². The summed E-state index contributed by atoms with van der Waals surface area (Å²) in [5.74, 6) is -0.122. The highest BCUT2D eigenvalue weighted by atomic mass is 16.5. The average molecular weight is 228 g/mol. The largest absolute Gasteiger partial charge is 0.371 e. The first-order valence-electron chi connectivity index (χ1n) is 5.96. The molecule has 1 unspecified atom stereocenters. The van der Waals surface area contributed by atoms with E-state index in [1.165, 1.54) is 7.11 Å². The number of methoxy groups -OCH3 is 1. The van der Waals surface area contributed by atoms with Gasteiger partial charge in [-0.3, -0.25) is 9.59 Å². The third-order valence-electron chi connectivity index (χ3n) is 3.06. The lowest BCUT2D eigenvalue weighted by molar-refractivity contribution is -0.141. The predicted octanol–water partition coefficient (Wildman–Crippen LogP) is 2.77. The number of hydrogen-bond donors (Lipinski definition) is 0. The Hall–Kier alpha value is -0.700. The van der Waals surface area contributed by atoms with Gasteiger partial charge in [0.15, 0.2) is 5.78 Å². The lowest BCUT2D eigenvalue weighted by Crippen LogP contribution is -2.36. The molecule has 3 nitrogen and oxygen atoms in total. The monoisotopic (exact) mass is 228 g/mol. The predicted molar refractivity (Wildman–Crippen MR) is 64.4 cm³/mol. The quantitative estimate of drug-likeness (QED) is 0.600. The average Bonchev–Trinajstić information content (AvgIpc) is 2.25. The number of ketones is 2. The standard InChI is InChI=1S/C13H24O3/c1-6-7-8-10(2)11(14)9-12(15)13(3,4)16-5/h10H,6-9H2,1-5H3. The highest BCUT2D eigenvalue weighted by Gasteiger charge is 2.29. The minimum Gasteiger partial charge on any atom is -0.371 e. The topological polar surface area (TPSA) is 43.4 Å². The summed E-state index contributed by atoms with van der Waals surface area (Å²) in [5.41, 5.74) is -0.847.